The van der Waals surface area contributed by atoms with Crippen LogP contribution in [0.5, 0.6) is 0 Å². The summed E-state index contributed by atoms with van der Waals surface area (Å²) in [6.07, 6.45) is 8.16. The molecular formula is C46H79BI2. The van der Waals surface area contributed by atoms with Crippen LogP contribution in [0, 0.1) is 136 Å². The fourth-order valence-electron chi connectivity index (χ4n) is 16.6. The SMILES string of the molecule is [B]C1CC2C(C)C(C)C3C(I)C(C)C4C(C)C5C(C)C(C)C6C(I)CCC6C(C)C(C)C5C4C(C)C3C(C)C2C(C)C(C)(CC)CCC1C. The number of hydrogen-bond donors (Lipinski definition) is 0. The quantitative estimate of drug-likeness (QED) is 0.140. The Morgan fingerprint density at radius 1 is 0.510 bits per heavy atom. The molecule has 0 N–H and O–H groups in total. The molecule has 49 heavy (non-hydrogen) atoms. The summed E-state index contributed by atoms with van der Waals surface area (Å²) in [6, 6.07) is 0. The van der Waals surface area contributed by atoms with Crippen molar-refractivity contribution in [1.29, 1.82) is 0 Å². The summed E-state index contributed by atoms with van der Waals surface area (Å²) in [5.74, 6) is 18.3. The van der Waals surface area contributed by atoms with E-state index in [1.54, 1.807) is 0 Å². The number of rotatable bonds is 1. The van der Waals surface area contributed by atoms with E-state index in [9.17, 15) is 0 Å². The van der Waals surface area contributed by atoms with Gasteiger partial charge in [-0.3, -0.25) is 0 Å². The Balaban J connectivity index is 1.48. The molecule has 6 aliphatic carbocycles. The fraction of sp³-hybridized carbons (Fsp3) is 1.00. The highest BCUT2D eigenvalue weighted by Gasteiger charge is 2.65. The van der Waals surface area contributed by atoms with Crippen molar-refractivity contribution in [2.45, 2.75) is 149 Å². The van der Waals surface area contributed by atoms with Gasteiger partial charge in [0.2, 0.25) is 0 Å². The molecule has 6 fully saturated rings. The van der Waals surface area contributed by atoms with Gasteiger partial charge in [-0.15, -0.1) is 0 Å². The molecule has 280 valence electrons. The van der Waals surface area contributed by atoms with Crippen LogP contribution in [0.15, 0.2) is 0 Å². The molecule has 26 unspecified atom stereocenters. The largest absolute Gasteiger partial charge is 0.0823 e. The molecule has 0 spiro atoms. The molecule has 2 radical (unpaired) electrons. The Labute approximate surface area is 335 Å². The van der Waals surface area contributed by atoms with Crippen LogP contribution in [0.2, 0.25) is 5.82 Å². The van der Waals surface area contributed by atoms with Crippen molar-refractivity contribution >= 4 is 53.0 Å². The van der Waals surface area contributed by atoms with Crippen LogP contribution >= 0.6 is 45.2 Å². The third-order valence-corrected chi connectivity index (χ3v) is 23.7. The van der Waals surface area contributed by atoms with E-state index >= 15 is 0 Å². The van der Waals surface area contributed by atoms with Gasteiger partial charge in [-0.2, -0.15) is 0 Å². The Morgan fingerprint density at radius 3 is 1.61 bits per heavy atom. The topological polar surface area (TPSA) is 0 Å². The Hall–Kier alpha value is 1.52. The standard InChI is InChI=1S/C46H79BI2/c1-15-46(14)19-18-21(2)35(47)20-34-23(4)25(6)44-38(29(10)40(34)32(46)13)30(11)43-39(31(12)45(44)49)28(9)37-26(7)27(8)41-33(16-17-36(41)48)22(3)24(5)42(37)43/h21-45H,15-20H2,1-14H3. The molecular weight excluding hydrogens is 817 g/mol. The van der Waals surface area contributed by atoms with E-state index in [2.05, 4.69) is 142 Å². The van der Waals surface area contributed by atoms with E-state index in [-0.39, 0.29) is 0 Å². The van der Waals surface area contributed by atoms with Crippen LogP contribution in [0.25, 0.3) is 0 Å². The first-order valence-corrected chi connectivity index (χ1v) is 24.4. The van der Waals surface area contributed by atoms with Crippen molar-refractivity contribution in [3.63, 3.8) is 0 Å². The molecule has 26 atom stereocenters. The van der Waals surface area contributed by atoms with Gasteiger partial charge in [0.05, 0.1) is 7.85 Å². The first-order valence-electron chi connectivity index (χ1n) is 21.9. The van der Waals surface area contributed by atoms with Gasteiger partial charge in [0, 0.05) is 7.85 Å². The number of fused-ring (bicyclic) bond motifs is 6. The van der Waals surface area contributed by atoms with E-state index in [0.717, 1.165) is 132 Å². The van der Waals surface area contributed by atoms with Crippen LogP contribution < -0.4 is 0 Å². The van der Waals surface area contributed by atoms with Gasteiger partial charge in [-0.05, 0) is 155 Å². The van der Waals surface area contributed by atoms with Crippen molar-refractivity contribution in [1.82, 2.24) is 0 Å². The van der Waals surface area contributed by atoms with Gasteiger partial charge in [0.25, 0.3) is 0 Å². The smallest absolute Gasteiger partial charge is 0.0703 e. The Morgan fingerprint density at radius 2 is 0.980 bits per heavy atom. The van der Waals surface area contributed by atoms with Gasteiger partial charge in [-0.1, -0.05) is 167 Å². The number of alkyl halides is 2. The van der Waals surface area contributed by atoms with E-state index in [1.807, 2.05) is 0 Å². The summed E-state index contributed by atoms with van der Waals surface area (Å²) in [5.41, 5.74) is 0.405. The van der Waals surface area contributed by atoms with Gasteiger partial charge < -0.3 is 0 Å². The monoisotopic (exact) mass is 896 g/mol. The van der Waals surface area contributed by atoms with Crippen molar-refractivity contribution in [3.05, 3.63) is 0 Å². The lowest BCUT2D eigenvalue weighted by molar-refractivity contribution is -0.0252. The van der Waals surface area contributed by atoms with E-state index < -0.39 is 0 Å². The van der Waals surface area contributed by atoms with Gasteiger partial charge >= 0.3 is 0 Å². The molecule has 6 saturated carbocycles. The first kappa shape index (κ1) is 40.2. The molecule has 0 aromatic carbocycles. The van der Waals surface area contributed by atoms with Gasteiger partial charge in [-0.25, -0.2) is 0 Å². The van der Waals surface area contributed by atoms with Crippen molar-refractivity contribution in [2.75, 3.05) is 0 Å². The van der Waals surface area contributed by atoms with E-state index in [0.29, 0.717) is 17.2 Å². The molecule has 6 rings (SSSR count). The van der Waals surface area contributed by atoms with E-state index in [1.165, 1.54) is 38.5 Å². The zero-order valence-corrected chi connectivity index (χ0v) is 38.8. The maximum absolute atomic E-state index is 7.23. The molecule has 0 nitrogen and oxygen atoms in total. The lowest BCUT2D eigenvalue weighted by Crippen LogP contribution is -2.46. The minimum Gasteiger partial charge on any atom is -0.0823 e. The summed E-state index contributed by atoms with van der Waals surface area (Å²) in [4.78, 5) is 0. The molecule has 0 aliphatic heterocycles. The molecule has 0 amide bonds. The summed E-state index contributed by atoms with van der Waals surface area (Å²) in [6.45, 7) is 38.1. The van der Waals surface area contributed by atoms with Crippen LogP contribution in [0.3, 0.4) is 0 Å². The minimum atomic E-state index is 0.346. The van der Waals surface area contributed by atoms with Crippen molar-refractivity contribution < 1.29 is 0 Å². The predicted molar refractivity (Wildman–Crippen MR) is 231 cm³/mol. The maximum atomic E-state index is 7.23. The minimum absolute atomic E-state index is 0.346. The zero-order chi connectivity index (χ0) is 36.2. The predicted octanol–water partition coefficient (Wildman–Crippen LogP) is 13.8. The highest BCUT2D eigenvalue weighted by Crippen LogP contribution is 2.69. The molecule has 6 aliphatic rings. The molecule has 0 aromatic heterocycles. The zero-order valence-electron chi connectivity index (χ0n) is 34.5. The van der Waals surface area contributed by atoms with Gasteiger partial charge in [0.15, 0.2) is 0 Å². The highest BCUT2D eigenvalue weighted by molar-refractivity contribution is 14.1. The summed E-state index contributed by atoms with van der Waals surface area (Å²) in [7, 11) is 7.23. The summed E-state index contributed by atoms with van der Waals surface area (Å²) < 4.78 is 1.65. The van der Waals surface area contributed by atoms with E-state index in [4.69, 9.17) is 7.85 Å². The highest BCUT2D eigenvalue weighted by atomic mass is 127. The molecule has 3 heteroatoms. The maximum Gasteiger partial charge on any atom is 0.0703 e. The number of hydrogen-bond acceptors (Lipinski definition) is 0. The van der Waals surface area contributed by atoms with Crippen LogP contribution in [-0.4, -0.2) is 15.7 Å². The molecule has 0 heterocycles. The Kier molecular flexibility index (Phi) is 12.2. The second-order valence-corrected chi connectivity index (χ2v) is 24.3. The summed E-state index contributed by atoms with van der Waals surface area (Å²) in [5, 5.41) is 0. The van der Waals surface area contributed by atoms with Crippen LogP contribution in [-0.2, 0) is 0 Å². The molecule has 0 aromatic rings. The van der Waals surface area contributed by atoms with Crippen molar-refractivity contribution in [3.8, 4) is 0 Å². The second-order valence-electron chi connectivity index (χ2n) is 21.3. The van der Waals surface area contributed by atoms with Crippen LogP contribution in [0.4, 0.5) is 0 Å². The fourth-order valence-corrected chi connectivity index (χ4v) is 19.8. The average molecular weight is 897 g/mol. The third-order valence-electron chi connectivity index (χ3n) is 20.3. The van der Waals surface area contributed by atoms with Gasteiger partial charge in [0.1, 0.15) is 0 Å². The lowest BCUT2D eigenvalue weighted by Gasteiger charge is -2.51. The molecule has 0 bridgehead atoms. The first-order chi connectivity index (χ1) is 22.9. The third kappa shape index (κ3) is 6.27. The molecule has 0 saturated heterocycles. The second kappa shape index (κ2) is 14.9. The lowest BCUT2D eigenvalue weighted by atomic mass is 9.54. The summed E-state index contributed by atoms with van der Waals surface area (Å²) >= 11 is 5.96. The van der Waals surface area contributed by atoms with Crippen molar-refractivity contribution in [2.24, 2.45) is 136 Å². The number of halogens is 2. The average Bonchev–Trinajstić information content (AvgIpc) is 3.57. The normalized spacial score (nSPS) is 62.7. The Bertz CT molecular complexity index is 1140. The van der Waals surface area contributed by atoms with Crippen LogP contribution in [0.1, 0.15) is 135 Å².